The molecular weight excluding hydrogens is 256 g/mol. The highest BCUT2D eigenvalue weighted by molar-refractivity contribution is 7.98. The number of likely N-dealkylation sites (N-methyl/N-ethyl adjacent to an activating group) is 1. The van der Waals surface area contributed by atoms with Crippen LogP contribution in [0.15, 0.2) is 24.3 Å². The Kier molecular flexibility index (Phi) is 7.39. The van der Waals surface area contributed by atoms with Crippen molar-refractivity contribution in [2.75, 3.05) is 32.2 Å². The molecule has 1 aromatic rings. The van der Waals surface area contributed by atoms with Crippen LogP contribution in [0.1, 0.15) is 18.9 Å². The zero-order valence-electron chi connectivity index (χ0n) is 11.9. The van der Waals surface area contributed by atoms with Gasteiger partial charge in [0, 0.05) is 12.6 Å². The van der Waals surface area contributed by atoms with Gasteiger partial charge in [0.2, 0.25) is 0 Å². The highest BCUT2D eigenvalue weighted by atomic mass is 32.2. The summed E-state index contributed by atoms with van der Waals surface area (Å²) >= 11 is 1.88. The molecule has 0 fully saturated rings. The van der Waals surface area contributed by atoms with Crippen LogP contribution >= 0.6 is 11.8 Å². The Morgan fingerprint density at radius 2 is 2.26 bits per heavy atom. The van der Waals surface area contributed by atoms with Crippen LogP contribution in [0.2, 0.25) is 0 Å². The number of ether oxygens (including phenoxy) is 1. The van der Waals surface area contributed by atoms with Gasteiger partial charge in [-0.3, -0.25) is 0 Å². The van der Waals surface area contributed by atoms with Crippen LogP contribution in [0.3, 0.4) is 0 Å². The fourth-order valence-corrected chi connectivity index (χ4v) is 2.27. The van der Waals surface area contributed by atoms with Crippen LogP contribution in [0.4, 0.5) is 0 Å². The van der Waals surface area contributed by atoms with Crippen molar-refractivity contribution in [3.63, 3.8) is 0 Å². The lowest BCUT2D eigenvalue weighted by molar-refractivity contribution is 0.197. The van der Waals surface area contributed by atoms with Gasteiger partial charge in [-0.15, -0.1) is 0 Å². The van der Waals surface area contributed by atoms with E-state index in [0.717, 1.165) is 12.3 Å². The minimum atomic E-state index is 0.571. The van der Waals surface area contributed by atoms with Gasteiger partial charge >= 0.3 is 0 Å². The third-order valence-electron chi connectivity index (χ3n) is 3.17. The van der Waals surface area contributed by atoms with Crippen LogP contribution in [0.5, 0.6) is 5.75 Å². The van der Waals surface area contributed by atoms with Crippen molar-refractivity contribution in [3.8, 4) is 11.8 Å². The monoisotopic (exact) mass is 278 g/mol. The van der Waals surface area contributed by atoms with E-state index in [9.17, 15) is 0 Å². The maximum Gasteiger partial charge on any atom is 0.120 e. The Hall–Kier alpha value is -1.18. The maximum absolute atomic E-state index is 8.82. The minimum Gasteiger partial charge on any atom is -0.492 e. The van der Waals surface area contributed by atoms with Crippen molar-refractivity contribution in [2.45, 2.75) is 19.4 Å². The van der Waals surface area contributed by atoms with Crippen LogP contribution in [0, 0.1) is 11.3 Å². The molecule has 3 nitrogen and oxygen atoms in total. The van der Waals surface area contributed by atoms with Gasteiger partial charge < -0.3 is 9.64 Å². The standard InChI is InChI=1S/C15H22N2OS/c1-13(7-10-19-3)17(2)8-9-18-15-6-4-5-14(11-15)12-16/h4-6,11,13H,7-10H2,1-3H3. The molecule has 0 heterocycles. The van der Waals surface area contributed by atoms with Crippen molar-refractivity contribution in [1.82, 2.24) is 4.90 Å². The molecule has 0 N–H and O–H groups in total. The van der Waals surface area contributed by atoms with Crippen molar-refractivity contribution in [1.29, 1.82) is 5.26 Å². The van der Waals surface area contributed by atoms with Gasteiger partial charge in [0.15, 0.2) is 0 Å². The highest BCUT2D eigenvalue weighted by Gasteiger charge is 2.08. The van der Waals surface area contributed by atoms with E-state index < -0.39 is 0 Å². The summed E-state index contributed by atoms with van der Waals surface area (Å²) < 4.78 is 5.68. The molecule has 1 atom stereocenters. The third-order valence-corrected chi connectivity index (χ3v) is 3.81. The molecular formula is C15H22N2OS. The van der Waals surface area contributed by atoms with Gasteiger partial charge in [-0.2, -0.15) is 17.0 Å². The Balaban J connectivity index is 2.31. The molecule has 0 bridgehead atoms. The van der Waals surface area contributed by atoms with Crippen LogP contribution in [0.25, 0.3) is 0 Å². The van der Waals surface area contributed by atoms with Gasteiger partial charge in [-0.25, -0.2) is 0 Å². The van der Waals surface area contributed by atoms with E-state index in [2.05, 4.69) is 31.2 Å². The third kappa shape index (κ3) is 6.00. The fourth-order valence-electron chi connectivity index (χ4n) is 1.69. The zero-order valence-corrected chi connectivity index (χ0v) is 12.7. The number of nitriles is 1. The predicted molar refractivity (Wildman–Crippen MR) is 81.7 cm³/mol. The molecule has 4 heteroatoms. The van der Waals surface area contributed by atoms with E-state index in [1.54, 1.807) is 12.1 Å². The number of hydrogen-bond donors (Lipinski definition) is 0. The Labute approximate surface area is 120 Å². The molecule has 1 rings (SSSR count). The van der Waals surface area contributed by atoms with Gasteiger partial charge in [0.25, 0.3) is 0 Å². The van der Waals surface area contributed by atoms with Gasteiger partial charge in [0.1, 0.15) is 12.4 Å². The molecule has 1 unspecified atom stereocenters. The Morgan fingerprint density at radius 1 is 1.47 bits per heavy atom. The first-order chi connectivity index (χ1) is 9.17. The molecule has 0 amide bonds. The summed E-state index contributed by atoms with van der Waals surface area (Å²) in [4.78, 5) is 2.31. The van der Waals surface area contributed by atoms with Crippen molar-refractivity contribution >= 4 is 11.8 Å². The van der Waals surface area contributed by atoms with E-state index in [1.807, 2.05) is 23.9 Å². The van der Waals surface area contributed by atoms with Crippen molar-refractivity contribution in [3.05, 3.63) is 29.8 Å². The van der Waals surface area contributed by atoms with Crippen LogP contribution < -0.4 is 4.74 Å². The minimum absolute atomic E-state index is 0.571. The number of rotatable bonds is 8. The molecule has 0 aliphatic rings. The summed E-state index contributed by atoms with van der Waals surface area (Å²) in [5.74, 6) is 1.96. The van der Waals surface area contributed by atoms with Gasteiger partial charge in [0.05, 0.1) is 11.6 Å². The first kappa shape index (κ1) is 15.9. The number of benzene rings is 1. The van der Waals surface area contributed by atoms with Crippen LogP contribution in [-0.2, 0) is 0 Å². The number of thioether (sulfide) groups is 1. The SMILES string of the molecule is CSCCC(C)N(C)CCOc1cccc(C#N)c1. The number of nitrogens with zero attached hydrogens (tertiary/aromatic N) is 2. The van der Waals surface area contributed by atoms with E-state index in [0.29, 0.717) is 18.2 Å². The van der Waals surface area contributed by atoms with Crippen molar-refractivity contribution < 1.29 is 4.74 Å². The average Bonchev–Trinajstić information content (AvgIpc) is 2.44. The largest absolute Gasteiger partial charge is 0.492 e. The van der Waals surface area contributed by atoms with E-state index in [1.165, 1.54) is 12.2 Å². The molecule has 0 spiro atoms. The highest BCUT2D eigenvalue weighted by Crippen LogP contribution is 2.12. The summed E-state index contributed by atoms with van der Waals surface area (Å²) in [6.07, 6.45) is 3.33. The molecule has 0 saturated carbocycles. The maximum atomic E-state index is 8.82. The quantitative estimate of drug-likeness (QED) is 0.732. The summed E-state index contributed by atoms with van der Waals surface area (Å²) in [7, 11) is 2.13. The lowest BCUT2D eigenvalue weighted by atomic mass is 10.2. The molecule has 0 aliphatic carbocycles. The summed E-state index contributed by atoms with van der Waals surface area (Å²) in [6, 6.07) is 9.98. The first-order valence-corrected chi connectivity index (χ1v) is 7.89. The summed E-state index contributed by atoms with van der Waals surface area (Å²) in [5, 5.41) is 8.82. The molecule has 0 radical (unpaired) electrons. The smallest absolute Gasteiger partial charge is 0.120 e. The second kappa shape index (κ2) is 8.84. The summed E-state index contributed by atoms with van der Waals surface area (Å²) in [6.45, 7) is 3.79. The lowest BCUT2D eigenvalue weighted by Crippen LogP contribution is -2.33. The van der Waals surface area contributed by atoms with Crippen molar-refractivity contribution in [2.24, 2.45) is 0 Å². The molecule has 0 saturated heterocycles. The molecule has 0 aromatic heterocycles. The second-order valence-electron chi connectivity index (χ2n) is 4.60. The first-order valence-electron chi connectivity index (χ1n) is 6.49. The molecule has 1 aromatic carbocycles. The topological polar surface area (TPSA) is 36.3 Å². The normalized spacial score (nSPS) is 12.2. The van der Waals surface area contributed by atoms with Gasteiger partial charge in [-0.05, 0) is 50.6 Å². The molecule has 19 heavy (non-hydrogen) atoms. The lowest BCUT2D eigenvalue weighted by Gasteiger charge is -2.24. The zero-order chi connectivity index (χ0) is 14.1. The number of hydrogen-bond acceptors (Lipinski definition) is 4. The predicted octanol–water partition coefficient (Wildman–Crippen LogP) is 3.01. The fraction of sp³-hybridized carbons (Fsp3) is 0.533. The van der Waals surface area contributed by atoms with Crippen LogP contribution in [-0.4, -0.2) is 43.1 Å². The molecule has 0 aliphatic heterocycles. The van der Waals surface area contributed by atoms with E-state index >= 15 is 0 Å². The molecule has 104 valence electrons. The average molecular weight is 278 g/mol. The second-order valence-corrected chi connectivity index (χ2v) is 5.58. The van der Waals surface area contributed by atoms with Gasteiger partial charge in [-0.1, -0.05) is 6.07 Å². The van der Waals surface area contributed by atoms with E-state index in [-0.39, 0.29) is 0 Å². The van der Waals surface area contributed by atoms with E-state index in [4.69, 9.17) is 10.00 Å². The summed E-state index contributed by atoms with van der Waals surface area (Å²) in [5.41, 5.74) is 0.638. The Bertz CT molecular complexity index is 417. The Morgan fingerprint density at radius 3 is 2.95 bits per heavy atom.